The second-order valence-corrected chi connectivity index (χ2v) is 3.07. The molecule has 0 saturated heterocycles. The monoisotopic (exact) mass is 185 g/mol. The molecule has 14 heavy (non-hydrogen) atoms. The van der Waals surface area contributed by atoms with Gasteiger partial charge < -0.3 is 11.5 Å². The summed E-state index contributed by atoms with van der Waals surface area (Å²) in [5.74, 6) is 0. The number of rotatable bonds is 1. The Labute approximate surface area is 82.4 Å². The Kier molecular flexibility index (Phi) is 2.07. The highest BCUT2D eigenvalue weighted by Gasteiger charge is 2.02. The highest BCUT2D eigenvalue weighted by atomic mass is 14.8. The van der Waals surface area contributed by atoms with E-state index in [1.807, 2.05) is 30.3 Å². The first-order valence-electron chi connectivity index (χ1n) is 4.34. The van der Waals surface area contributed by atoms with Crippen molar-refractivity contribution in [3.8, 4) is 11.3 Å². The Morgan fingerprint density at radius 2 is 1.71 bits per heavy atom. The van der Waals surface area contributed by atoms with Gasteiger partial charge in [0.25, 0.3) is 0 Å². The van der Waals surface area contributed by atoms with Crippen molar-refractivity contribution >= 4 is 11.4 Å². The molecular weight excluding hydrogens is 174 g/mol. The maximum Gasteiger partial charge on any atom is 0.0932 e. The molecule has 0 aliphatic heterocycles. The molecule has 4 N–H and O–H groups in total. The largest absolute Gasteiger partial charge is 0.397 e. The minimum absolute atomic E-state index is 0.585. The zero-order valence-corrected chi connectivity index (χ0v) is 7.64. The van der Waals surface area contributed by atoms with Gasteiger partial charge in [0, 0.05) is 5.56 Å². The quantitative estimate of drug-likeness (QED) is 0.713. The van der Waals surface area contributed by atoms with E-state index in [-0.39, 0.29) is 0 Å². The maximum absolute atomic E-state index is 5.81. The van der Waals surface area contributed by atoms with Crippen molar-refractivity contribution in [3.63, 3.8) is 0 Å². The van der Waals surface area contributed by atoms with Crippen molar-refractivity contribution < 1.29 is 0 Å². The lowest BCUT2D eigenvalue weighted by molar-refractivity contribution is 1.33. The molecule has 3 nitrogen and oxygen atoms in total. The van der Waals surface area contributed by atoms with Crippen molar-refractivity contribution in [2.75, 3.05) is 11.5 Å². The van der Waals surface area contributed by atoms with E-state index < -0.39 is 0 Å². The lowest BCUT2D eigenvalue weighted by atomic mass is 10.1. The zero-order valence-electron chi connectivity index (χ0n) is 7.64. The fraction of sp³-hybridized carbons (Fsp3) is 0. The second-order valence-electron chi connectivity index (χ2n) is 3.07. The molecule has 70 valence electrons. The van der Waals surface area contributed by atoms with Gasteiger partial charge in [0.2, 0.25) is 0 Å². The fourth-order valence-electron chi connectivity index (χ4n) is 1.34. The molecule has 0 fully saturated rings. The van der Waals surface area contributed by atoms with E-state index in [1.54, 1.807) is 12.3 Å². The van der Waals surface area contributed by atoms with E-state index in [1.165, 1.54) is 0 Å². The van der Waals surface area contributed by atoms with Crippen LogP contribution in [0.1, 0.15) is 0 Å². The molecule has 0 atom stereocenters. The van der Waals surface area contributed by atoms with Crippen LogP contribution in [0.2, 0.25) is 0 Å². The van der Waals surface area contributed by atoms with Gasteiger partial charge in [-0.2, -0.15) is 0 Å². The molecule has 0 radical (unpaired) electrons. The molecule has 2 aromatic rings. The topological polar surface area (TPSA) is 64.9 Å². The lowest BCUT2D eigenvalue weighted by Gasteiger charge is -2.04. The van der Waals surface area contributed by atoms with Crippen LogP contribution in [0.15, 0.2) is 42.6 Å². The van der Waals surface area contributed by atoms with Gasteiger partial charge in [-0.25, -0.2) is 0 Å². The first-order valence-corrected chi connectivity index (χ1v) is 4.34. The van der Waals surface area contributed by atoms with Crippen LogP contribution >= 0.6 is 0 Å². The summed E-state index contributed by atoms with van der Waals surface area (Å²) in [6, 6.07) is 11.5. The molecule has 0 amide bonds. The van der Waals surface area contributed by atoms with E-state index in [2.05, 4.69) is 4.98 Å². The number of benzene rings is 1. The zero-order chi connectivity index (χ0) is 9.97. The molecule has 2 rings (SSSR count). The van der Waals surface area contributed by atoms with Crippen LogP contribution in [0.5, 0.6) is 0 Å². The minimum Gasteiger partial charge on any atom is -0.397 e. The highest BCUT2D eigenvalue weighted by Crippen LogP contribution is 2.24. The number of nitrogens with two attached hydrogens (primary N) is 2. The van der Waals surface area contributed by atoms with Crippen molar-refractivity contribution in [2.24, 2.45) is 0 Å². The second kappa shape index (κ2) is 3.38. The van der Waals surface area contributed by atoms with Crippen molar-refractivity contribution in [1.29, 1.82) is 0 Å². The summed E-state index contributed by atoms with van der Waals surface area (Å²) in [7, 11) is 0. The number of hydrogen-bond donors (Lipinski definition) is 2. The van der Waals surface area contributed by atoms with Gasteiger partial charge in [-0.1, -0.05) is 30.3 Å². The molecule has 1 aromatic heterocycles. The van der Waals surface area contributed by atoms with Crippen molar-refractivity contribution in [1.82, 2.24) is 4.98 Å². The first-order chi connectivity index (χ1) is 6.77. The van der Waals surface area contributed by atoms with E-state index >= 15 is 0 Å². The Balaban J connectivity index is 2.53. The number of nitrogens with zero attached hydrogens (tertiary/aromatic N) is 1. The normalized spacial score (nSPS) is 10.0. The SMILES string of the molecule is Nc1cnc(-c2ccccc2)c(N)c1. The molecular formula is C11H11N3. The molecule has 0 saturated carbocycles. The molecule has 0 unspecified atom stereocenters. The van der Waals surface area contributed by atoms with Crippen LogP contribution in [0, 0.1) is 0 Å². The van der Waals surface area contributed by atoms with Crippen LogP contribution in [-0.2, 0) is 0 Å². The van der Waals surface area contributed by atoms with Gasteiger partial charge in [-0.3, -0.25) is 4.98 Å². The third-order valence-electron chi connectivity index (χ3n) is 1.99. The Morgan fingerprint density at radius 3 is 2.36 bits per heavy atom. The number of anilines is 2. The minimum atomic E-state index is 0.585. The van der Waals surface area contributed by atoms with Crippen LogP contribution in [0.25, 0.3) is 11.3 Å². The fourth-order valence-corrected chi connectivity index (χ4v) is 1.34. The molecule has 0 spiro atoms. The third kappa shape index (κ3) is 1.52. The predicted octanol–water partition coefficient (Wildman–Crippen LogP) is 1.91. The van der Waals surface area contributed by atoms with Crippen molar-refractivity contribution in [2.45, 2.75) is 0 Å². The predicted molar refractivity (Wildman–Crippen MR) is 58.5 cm³/mol. The Bertz CT molecular complexity index is 438. The van der Waals surface area contributed by atoms with E-state index in [0.717, 1.165) is 11.3 Å². The maximum atomic E-state index is 5.81. The van der Waals surface area contributed by atoms with Crippen molar-refractivity contribution in [3.05, 3.63) is 42.6 Å². The van der Waals surface area contributed by atoms with E-state index in [0.29, 0.717) is 11.4 Å². The summed E-state index contributed by atoms with van der Waals surface area (Å²) in [6.07, 6.45) is 1.61. The molecule has 1 aromatic carbocycles. The summed E-state index contributed by atoms with van der Waals surface area (Å²) in [4.78, 5) is 4.20. The van der Waals surface area contributed by atoms with Crippen LogP contribution in [0.3, 0.4) is 0 Å². The van der Waals surface area contributed by atoms with Gasteiger partial charge in [0.05, 0.1) is 23.3 Å². The van der Waals surface area contributed by atoms with E-state index in [4.69, 9.17) is 11.5 Å². The number of pyridine rings is 1. The van der Waals surface area contributed by atoms with Crippen LogP contribution in [-0.4, -0.2) is 4.98 Å². The average molecular weight is 185 g/mol. The smallest absolute Gasteiger partial charge is 0.0932 e. The van der Waals surface area contributed by atoms with Gasteiger partial charge in [0.1, 0.15) is 0 Å². The van der Waals surface area contributed by atoms with Gasteiger partial charge in [-0.15, -0.1) is 0 Å². The van der Waals surface area contributed by atoms with Crippen LogP contribution < -0.4 is 11.5 Å². The molecule has 0 bridgehead atoms. The average Bonchev–Trinajstić information content (AvgIpc) is 2.19. The number of aromatic nitrogens is 1. The summed E-state index contributed by atoms with van der Waals surface area (Å²) in [5, 5.41) is 0. The highest BCUT2D eigenvalue weighted by molar-refractivity contribution is 5.74. The Hall–Kier alpha value is -2.03. The molecule has 3 heteroatoms. The Morgan fingerprint density at radius 1 is 1.00 bits per heavy atom. The standard InChI is InChI=1S/C11H11N3/c12-9-6-10(13)11(14-7-9)8-4-2-1-3-5-8/h1-7H,12-13H2. The van der Waals surface area contributed by atoms with Gasteiger partial charge >= 0.3 is 0 Å². The third-order valence-corrected chi connectivity index (χ3v) is 1.99. The lowest BCUT2D eigenvalue weighted by Crippen LogP contribution is -1.95. The van der Waals surface area contributed by atoms with E-state index in [9.17, 15) is 0 Å². The summed E-state index contributed by atoms with van der Waals surface area (Å²) in [6.45, 7) is 0. The number of nitrogen functional groups attached to an aromatic ring is 2. The molecule has 1 heterocycles. The van der Waals surface area contributed by atoms with Gasteiger partial charge in [0.15, 0.2) is 0 Å². The van der Waals surface area contributed by atoms with Gasteiger partial charge in [-0.05, 0) is 6.07 Å². The number of hydrogen-bond acceptors (Lipinski definition) is 3. The summed E-state index contributed by atoms with van der Waals surface area (Å²) in [5.41, 5.74) is 14.3. The summed E-state index contributed by atoms with van der Waals surface area (Å²) >= 11 is 0. The summed E-state index contributed by atoms with van der Waals surface area (Å²) < 4.78 is 0. The molecule has 0 aliphatic rings. The molecule has 0 aliphatic carbocycles. The first kappa shape index (κ1) is 8.56. The van der Waals surface area contributed by atoms with Crippen LogP contribution in [0.4, 0.5) is 11.4 Å².